The number of methoxy groups -OCH3 is 3. The van der Waals surface area contributed by atoms with Crippen molar-refractivity contribution in [1.29, 1.82) is 0 Å². The summed E-state index contributed by atoms with van der Waals surface area (Å²) in [4.78, 5) is 32.4. The Bertz CT molecular complexity index is 1370. The lowest BCUT2D eigenvalue weighted by Gasteiger charge is -2.26. The first kappa shape index (κ1) is 27.5. The summed E-state index contributed by atoms with van der Waals surface area (Å²) in [5.74, 6) is 0.00575. The molecule has 9 nitrogen and oxygen atoms in total. The SMILES string of the molecule is CCCCOc1ccc(C2C(=C(O)c3ccc(OC)c(OC)c3)C(=O)C(=O)N2Cc2cccnc2)cc1OC. The van der Waals surface area contributed by atoms with Gasteiger partial charge in [-0.2, -0.15) is 0 Å². The Kier molecular flexibility index (Phi) is 8.70. The summed E-state index contributed by atoms with van der Waals surface area (Å²) in [6, 6.07) is 12.7. The molecule has 39 heavy (non-hydrogen) atoms. The summed E-state index contributed by atoms with van der Waals surface area (Å²) in [5, 5.41) is 11.4. The lowest BCUT2D eigenvalue weighted by Crippen LogP contribution is -2.29. The average molecular weight is 533 g/mol. The van der Waals surface area contributed by atoms with E-state index >= 15 is 0 Å². The number of aliphatic hydroxyl groups is 1. The quantitative estimate of drug-likeness (QED) is 0.161. The zero-order valence-electron chi connectivity index (χ0n) is 22.5. The molecular formula is C30H32N2O7. The van der Waals surface area contributed by atoms with E-state index < -0.39 is 17.7 Å². The van der Waals surface area contributed by atoms with Crippen LogP contribution in [0.3, 0.4) is 0 Å². The first-order valence-electron chi connectivity index (χ1n) is 12.6. The van der Waals surface area contributed by atoms with Gasteiger partial charge in [0.05, 0.1) is 39.6 Å². The first-order valence-corrected chi connectivity index (χ1v) is 12.6. The number of aromatic nitrogens is 1. The third kappa shape index (κ3) is 5.67. The summed E-state index contributed by atoms with van der Waals surface area (Å²) < 4.78 is 22.1. The number of amides is 1. The van der Waals surface area contributed by atoms with E-state index in [9.17, 15) is 14.7 Å². The summed E-state index contributed by atoms with van der Waals surface area (Å²) in [5.41, 5.74) is 1.59. The van der Waals surface area contributed by atoms with Gasteiger partial charge in [0.25, 0.3) is 11.7 Å². The molecule has 0 radical (unpaired) electrons. The second kappa shape index (κ2) is 12.3. The number of hydrogen-bond acceptors (Lipinski definition) is 8. The number of benzene rings is 2. The van der Waals surface area contributed by atoms with Gasteiger partial charge in [-0.25, -0.2) is 0 Å². The van der Waals surface area contributed by atoms with Crippen LogP contribution in [0.25, 0.3) is 5.76 Å². The number of rotatable bonds is 11. The summed E-state index contributed by atoms with van der Waals surface area (Å²) in [7, 11) is 4.51. The van der Waals surface area contributed by atoms with Crippen LogP contribution in [0, 0.1) is 0 Å². The highest BCUT2D eigenvalue weighted by molar-refractivity contribution is 6.46. The maximum Gasteiger partial charge on any atom is 0.295 e. The van der Waals surface area contributed by atoms with E-state index in [1.807, 2.05) is 6.07 Å². The predicted octanol–water partition coefficient (Wildman–Crippen LogP) is 4.91. The maximum atomic E-state index is 13.4. The molecule has 204 valence electrons. The molecule has 1 aliphatic heterocycles. The van der Waals surface area contributed by atoms with Crippen molar-refractivity contribution in [3.63, 3.8) is 0 Å². The van der Waals surface area contributed by atoms with Crippen LogP contribution in [-0.2, 0) is 16.1 Å². The molecule has 1 unspecified atom stereocenters. The molecular weight excluding hydrogens is 500 g/mol. The lowest BCUT2D eigenvalue weighted by atomic mass is 9.94. The molecule has 4 rings (SSSR count). The van der Waals surface area contributed by atoms with Crippen molar-refractivity contribution in [2.45, 2.75) is 32.4 Å². The van der Waals surface area contributed by atoms with Gasteiger partial charge < -0.3 is 29.0 Å². The third-order valence-electron chi connectivity index (χ3n) is 6.53. The zero-order valence-corrected chi connectivity index (χ0v) is 22.5. The second-order valence-electron chi connectivity index (χ2n) is 8.97. The Labute approximate surface area is 227 Å². The number of aliphatic hydroxyl groups excluding tert-OH is 1. The average Bonchev–Trinajstić information content (AvgIpc) is 3.22. The fourth-order valence-electron chi connectivity index (χ4n) is 4.52. The van der Waals surface area contributed by atoms with E-state index in [0.717, 1.165) is 18.4 Å². The highest BCUT2D eigenvalue weighted by Gasteiger charge is 2.46. The number of hydrogen-bond donors (Lipinski definition) is 1. The predicted molar refractivity (Wildman–Crippen MR) is 145 cm³/mol. The third-order valence-corrected chi connectivity index (χ3v) is 6.53. The minimum Gasteiger partial charge on any atom is -0.507 e. The van der Waals surface area contributed by atoms with Crippen LogP contribution < -0.4 is 18.9 Å². The van der Waals surface area contributed by atoms with Gasteiger partial charge in [-0.3, -0.25) is 14.6 Å². The van der Waals surface area contributed by atoms with E-state index in [4.69, 9.17) is 18.9 Å². The Morgan fingerprint density at radius 2 is 1.67 bits per heavy atom. The monoisotopic (exact) mass is 532 g/mol. The van der Waals surface area contributed by atoms with E-state index in [-0.39, 0.29) is 17.9 Å². The topological polar surface area (TPSA) is 107 Å². The molecule has 1 fully saturated rings. The standard InChI is InChI=1S/C30H32N2O7/c1-5-6-14-39-23-12-9-20(15-25(23)38-4)27-26(28(33)21-10-11-22(36-2)24(16-21)37-3)29(34)30(35)32(27)18-19-8-7-13-31-17-19/h7-13,15-17,27,33H,5-6,14,18H2,1-4H3. The molecule has 1 amide bonds. The fourth-order valence-corrected chi connectivity index (χ4v) is 4.52. The van der Waals surface area contributed by atoms with Gasteiger partial charge in [0.15, 0.2) is 23.0 Å². The van der Waals surface area contributed by atoms with Crippen LogP contribution in [0.5, 0.6) is 23.0 Å². The largest absolute Gasteiger partial charge is 0.507 e. The molecule has 0 spiro atoms. The maximum absolute atomic E-state index is 13.4. The Balaban J connectivity index is 1.85. The highest BCUT2D eigenvalue weighted by Crippen LogP contribution is 2.43. The van der Waals surface area contributed by atoms with Crippen LogP contribution in [0.1, 0.15) is 42.5 Å². The van der Waals surface area contributed by atoms with E-state index in [1.54, 1.807) is 54.9 Å². The van der Waals surface area contributed by atoms with Gasteiger partial charge in [-0.05, 0) is 53.9 Å². The number of likely N-dealkylation sites (tertiary alicyclic amines) is 1. The number of carbonyl (C=O) groups is 2. The van der Waals surface area contributed by atoms with E-state index in [1.165, 1.54) is 26.2 Å². The summed E-state index contributed by atoms with van der Waals surface area (Å²) in [6.07, 6.45) is 5.14. The minimum atomic E-state index is -0.892. The molecule has 0 bridgehead atoms. The van der Waals surface area contributed by atoms with Gasteiger partial charge in [0.1, 0.15) is 5.76 Å². The van der Waals surface area contributed by atoms with Crippen molar-refractivity contribution in [3.8, 4) is 23.0 Å². The Hall–Kier alpha value is -4.53. The van der Waals surface area contributed by atoms with Crippen molar-refractivity contribution in [2.75, 3.05) is 27.9 Å². The number of pyridine rings is 1. The van der Waals surface area contributed by atoms with E-state index in [2.05, 4.69) is 11.9 Å². The molecule has 2 heterocycles. The number of unbranched alkanes of at least 4 members (excludes halogenated alkanes) is 1. The van der Waals surface area contributed by atoms with Gasteiger partial charge >= 0.3 is 0 Å². The molecule has 1 saturated heterocycles. The van der Waals surface area contributed by atoms with Crippen LogP contribution in [-0.4, -0.2) is 54.6 Å². The van der Waals surface area contributed by atoms with Crippen LogP contribution in [0.2, 0.25) is 0 Å². The summed E-state index contributed by atoms with van der Waals surface area (Å²) in [6.45, 7) is 2.72. The van der Waals surface area contributed by atoms with E-state index in [0.29, 0.717) is 40.7 Å². The van der Waals surface area contributed by atoms with Crippen LogP contribution in [0.15, 0.2) is 66.5 Å². The van der Waals surface area contributed by atoms with Gasteiger partial charge in [-0.15, -0.1) is 0 Å². The lowest BCUT2D eigenvalue weighted by molar-refractivity contribution is -0.140. The van der Waals surface area contributed by atoms with Gasteiger partial charge in [0, 0.05) is 24.5 Å². The number of nitrogens with zero attached hydrogens (tertiary/aromatic N) is 2. The molecule has 1 N–H and O–H groups in total. The number of Topliss-reactive ketones (excluding diaryl/α,β-unsaturated/α-hetero) is 1. The molecule has 2 aromatic carbocycles. The number of carbonyl (C=O) groups excluding carboxylic acids is 2. The van der Waals surface area contributed by atoms with Crippen LogP contribution in [0.4, 0.5) is 0 Å². The van der Waals surface area contributed by atoms with Crippen molar-refractivity contribution in [3.05, 3.63) is 83.2 Å². The minimum absolute atomic E-state index is 0.0437. The molecule has 0 aliphatic carbocycles. The fraction of sp³-hybridized carbons (Fsp3) is 0.300. The van der Waals surface area contributed by atoms with Crippen molar-refractivity contribution >= 4 is 17.4 Å². The molecule has 1 atom stereocenters. The Morgan fingerprint density at radius 3 is 2.33 bits per heavy atom. The van der Waals surface area contributed by atoms with Crippen molar-refractivity contribution in [1.82, 2.24) is 9.88 Å². The molecule has 1 aromatic heterocycles. The van der Waals surface area contributed by atoms with Crippen LogP contribution >= 0.6 is 0 Å². The van der Waals surface area contributed by atoms with Crippen molar-refractivity contribution in [2.24, 2.45) is 0 Å². The first-order chi connectivity index (χ1) is 18.9. The molecule has 0 saturated carbocycles. The number of ketones is 1. The highest BCUT2D eigenvalue weighted by atomic mass is 16.5. The smallest absolute Gasteiger partial charge is 0.295 e. The number of ether oxygens (including phenoxy) is 4. The molecule has 1 aliphatic rings. The molecule has 3 aromatic rings. The second-order valence-corrected chi connectivity index (χ2v) is 8.97. The normalized spacial score (nSPS) is 16.3. The van der Waals surface area contributed by atoms with Gasteiger partial charge in [0.2, 0.25) is 0 Å². The zero-order chi connectivity index (χ0) is 27.9. The van der Waals surface area contributed by atoms with Crippen molar-refractivity contribution < 1.29 is 33.6 Å². The van der Waals surface area contributed by atoms with Gasteiger partial charge in [-0.1, -0.05) is 25.5 Å². The summed E-state index contributed by atoms with van der Waals surface area (Å²) >= 11 is 0. The Morgan fingerprint density at radius 1 is 0.949 bits per heavy atom. The molecule has 9 heteroatoms.